The van der Waals surface area contributed by atoms with Gasteiger partial charge in [0.15, 0.2) is 11.3 Å². The second-order valence-electron chi connectivity index (χ2n) is 8.83. The van der Waals surface area contributed by atoms with Crippen molar-refractivity contribution in [3.05, 3.63) is 12.2 Å². The summed E-state index contributed by atoms with van der Waals surface area (Å²) in [7, 11) is -3.20. The SMILES string of the molecule is CCCCCCCC/C=C\CCCCCCCC(=O)C(C)(C(=O)O)N(C)C(C)O.O=S(=O)(O)O. The van der Waals surface area contributed by atoms with Gasteiger partial charge >= 0.3 is 16.4 Å². The fourth-order valence-electron chi connectivity index (χ4n) is 3.44. The van der Waals surface area contributed by atoms with Gasteiger partial charge in [0, 0.05) is 6.42 Å². The van der Waals surface area contributed by atoms with E-state index in [9.17, 15) is 19.8 Å². The summed E-state index contributed by atoms with van der Waals surface area (Å²) < 4.78 is 31.6. The Morgan fingerprint density at radius 3 is 1.65 bits per heavy atom. The Hall–Kier alpha value is -1.33. The van der Waals surface area contributed by atoms with E-state index in [0.717, 1.165) is 25.7 Å². The third-order valence-corrected chi connectivity index (χ3v) is 5.89. The van der Waals surface area contributed by atoms with Crippen LogP contribution in [0.3, 0.4) is 0 Å². The lowest BCUT2D eigenvalue weighted by Crippen LogP contribution is -2.59. The Balaban J connectivity index is 0. The van der Waals surface area contributed by atoms with Gasteiger partial charge < -0.3 is 10.2 Å². The quantitative estimate of drug-likeness (QED) is 0.0615. The van der Waals surface area contributed by atoms with Gasteiger partial charge in [-0.15, -0.1) is 0 Å². The number of ketones is 1. The van der Waals surface area contributed by atoms with Gasteiger partial charge in [0.2, 0.25) is 0 Å². The maximum Gasteiger partial charge on any atom is 0.394 e. The molecule has 0 aromatic heterocycles. The molecule has 202 valence electrons. The molecule has 0 rings (SSSR count). The van der Waals surface area contributed by atoms with Gasteiger partial charge in [0.1, 0.15) is 6.23 Å². The van der Waals surface area contributed by atoms with Crippen LogP contribution in [0.4, 0.5) is 0 Å². The first-order chi connectivity index (χ1) is 15.8. The summed E-state index contributed by atoms with van der Waals surface area (Å²) in [6, 6.07) is 0. The van der Waals surface area contributed by atoms with Gasteiger partial charge in [-0.1, -0.05) is 70.4 Å². The van der Waals surface area contributed by atoms with Crippen LogP contribution in [0.2, 0.25) is 0 Å². The molecule has 0 aromatic rings. The van der Waals surface area contributed by atoms with Crippen molar-refractivity contribution in [3.63, 3.8) is 0 Å². The van der Waals surface area contributed by atoms with E-state index in [4.69, 9.17) is 17.5 Å². The third-order valence-electron chi connectivity index (χ3n) is 5.89. The number of unbranched alkanes of at least 4 members (excludes halogenated alkanes) is 11. The minimum atomic E-state index is -4.67. The smallest absolute Gasteiger partial charge is 0.394 e. The van der Waals surface area contributed by atoms with Gasteiger partial charge in [0.25, 0.3) is 0 Å². The van der Waals surface area contributed by atoms with E-state index in [1.807, 2.05) is 0 Å². The standard InChI is InChI=1S/C24H45NO4.H2O4S/c1-5-6-7-8-9-10-11-12-13-14-15-16-17-18-19-20-22(27)24(3,23(28)29)25(4)21(2)26;1-5(2,3)4/h12-13,21,26H,5-11,14-20H2,1-4H3,(H,28,29);(H2,1,2,3,4)/b13-12-;. The van der Waals surface area contributed by atoms with Gasteiger partial charge in [-0.05, 0) is 53.0 Å². The van der Waals surface area contributed by atoms with E-state index >= 15 is 0 Å². The molecule has 0 aliphatic heterocycles. The minimum Gasteiger partial charge on any atom is -0.480 e. The monoisotopic (exact) mass is 509 g/mol. The largest absolute Gasteiger partial charge is 0.480 e. The average molecular weight is 510 g/mol. The molecule has 0 aliphatic carbocycles. The molecule has 0 radical (unpaired) electrons. The molecule has 4 N–H and O–H groups in total. The number of carbonyl (C=O) groups is 2. The number of Topliss-reactive ketones (excluding diaryl/α,β-unsaturated/α-hetero) is 1. The Morgan fingerprint density at radius 2 is 1.26 bits per heavy atom. The summed E-state index contributed by atoms with van der Waals surface area (Å²) in [6.45, 7) is 5.09. The van der Waals surface area contributed by atoms with Gasteiger partial charge in [-0.3, -0.25) is 18.8 Å². The molecular weight excluding hydrogens is 462 g/mol. The van der Waals surface area contributed by atoms with E-state index in [2.05, 4.69) is 19.1 Å². The average Bonchev–Trinajstić information content (AvgIpc) is 2.73. The number of allylic oxidation sites excluding steroid dienone is 2. The Labute approximate surface area is 206 Å². The third kappa shape index (κ3) is 19.0. The highest BCUT2D eigenvalue weighted by Gasteiger charge is 2.45. The van der Waals surface area contributed by atoms with Gasteiger partial charge in [-0.25, -0.2) is 4.79 Å². The normalized spacial score (nSPS) is 14.5. The van der Waals surface area contributed by atoms with Crippen LogP contribution in [-0.4, -0.2) is 63.2 Å². The number of nitrogens with zero attached hydrogens (tertiary/aromatic N) is 1. The summed E-state index contributed by atoms with van der Waals surface area (Å²) in [5.41, 5.74) is -1.67. The predicted octanol–water partition coefficient (Wildman–Crippen LogP) is 5.05. The second-order valence-corrected chi connectivity index (χ2v) is 9.72. The molecule has 0 saturated carbocycles. The lowest BCUT2D eigenvalue weighted by molar-refractivity contribution is -0.162. The molecule has 0 heterocycles. The number of hydrogen-bond donors (Lipinski definition) is 4. The number of likely N-dealkylation sites (N-methyl/N-ethyl adjacent to an activating group) is 1. The number of hydrogen-bond acceptors (Lipinski definition) is 6. The number of rotatable bonds is 19. The van der Waals surface area contributed by atoms with Crippen molar-refractivity contribution in [2.75, 3.05) is 7.05 Å². The number of aliphatic hydroxyl groups excluding tert-OH is 1. The first-order valence-corrected chi connectivity index (χ1v) is 13.7. The predicted molar refractivity (Wildman–Crippen MR) is 134 cm³/mol. The fourth-order valence-corrected chi connectivity index (χ4v) is 3.44. The van der Waals surface area contributed by atoms with Crippen LogP contribution >= 0.6 is 0 Å². The van der Waals surface area contributed by atoms with Crippen molar-refractivity contribution >= 4 is 22.2 Å². The van der Waals surface area contributed by atoms with Crippen LogP contribution in [0, 0.1) is 0 Å². The van der Waals surface area contributed by atoms with Crippen molar-refractivity contribution in [2.45, 2.75) is 122 Å². The van der Waals surface area contributed by atoms with Crippen molar-refractivity contribution in [1.29, 1.82) is 0 Å². The highest BCUT2D eigenvalue weighted by atomic mass is 32.3. The number of carbonyl (C=O) groups excluding carboxylic acids is 1. The van der Waals surface area contributed by atoms with Gasteiger partial charge in [-0.2, -0.15) is 8.42 Å². The number of aliphatic carboxylic acids is 1. The first kappa shape index (κ1) is 34.8. The summed E-state index contributed by atoms with van der Waals surface area (Å²) in [5, 5.41) is 19.1. The lowest BCUT2D eigenvalue weighted by atomic mass is 9.90. The van der Waals surface area contributed by atoms with E-state index in [0.29, 0.717) is 6.42 Å². The number of carboxylic acid groups (broad SMARTS) is 1. The highest BCUT2D eigenvalue weighted by molar-refractivity contribution is 7.79. The second kappa shape index (κ2) is 19.9. The Kier molecular flexibility index (Phi) is 20.4. The minimum absolute atomic E-state index is 0.234. The van der Waals surface area contributed by atoms with E-state index in [-0.39, 0.29) is 12.2 Å². The van der Waals surface area contributed by atoms with E-state index in [1.54, 1.807) is 0 Å². The zero-order valence-electron chi connectivity index (χ0n) is 21.4. The van der Waals surface area contributed by atoms with Crippen LogP contribution in [-0.2, 0) is 20.0 Å². The van der Waals surface area contributed by atoms with E-state index < -0.39 is 28.1 Å². The molecule has 0 fully saturated rings. The van der Waals surface area contributed by atoms with Crippen LogP contribution in [0.5, 0.6) is 0 Å². The molecule has 0 amide bonds. The molecule has 0 aliphatic rings. The van der Waals surface area contributed by atoms with Crippen LogP contribution < -0.4 is 0 Å². The molecule has 9 nitrogen and oxygen atoms in total. The van der Waals surface area contributed by atoms with Crippen molar-refractivity contribution in [3.8, 4) is 0 Å². The number of carboxylic acids is 1. The highest BCUT2D eigenvalue weighted by Crippen LogP contribution is 2.21. The molecule has 0 spiro atoms. The topological polar surface area (TPSA) is 152 Å². The maximum atomic E-state index is 12.4. The van der Waals surface area contributed by atoms with Crippen LogP contribution in [0.15, 0.2) is 12.2 Å². The summed E-state index contributed by atoms with van der Waals surface area (Å²) in [5.74, 6) is -1.55. The summed E-state index contributed by atoms with van der Waals surface area (Å²) in [6.07, 6.45) is 19.2. The Morgan fingerprint density at radius 1 is 0.882 bits per heavy atom. The van der Waals surface area contributed by atoms with Crippen molar-refractivity contribution in [2.24, 2.45) is 0 Å². The van der Waals surface area contributed by atoms with Crippen LogP contribution in [0.1, 0.15) is 111 Å². The lowest BCUT2D eigenvalue weighted by Gasteiger charge is -2.35. The Bertz CT molecular complexity index is 670. The van der Waals surface area contributed by atoms with Crippen molar-refractivity contribution in [1.82, 2.24) is 4.90 Å². The molecule has 2 unspecified atom stereocenters. The maximum absolute atomic E-state index is 12.4. The molecule has 10 heteroatoms. The van der Waals surface area contributed by atoms with Crippen molar-refractivity contribution < 1.29 is 37.3 Å². The molecule has 0 bridgehead atoms. The summed E-state index contributed by atoms with van der Waals surface area (Å²) in [4.78, 5) is 25.2. The van der Waals surface area contributed by atoms with Gasteiger partial charge in [0.05, 0.1) is 0 Å². The van der Waals surface area contributed by atoms with E-state index in [1.165, 1.54) is 77.2 Å². The molecule has 2 atom stereocenters. The number of aliphatic hydroxyl groups is 1. The molecule has 0 aromatic carbocycles. The first-order valence-electron chi connectivity index (χ1n) is 12.3. The van der Waals surface area contributed by atoms with Crippen LogP contribution in [0.25, 0.3) is 0 Å². The molecule has 34 heavy (non-hydrogen) atoms. The molecular formula is C24H47NO8S. The molecule has 0 saturated heterocycles. The zero-order chi connectivity index (χ0) is 26.6. The zero-order valence-corrected chi connectivity index (χ0v) is 22.2. The fraction of sp³-hybridized carbons (Fsp3) is 0.833. The summed E-state index contributed by atoms with van der Waals surface area (Å²) >= 11 is 0.